The summed E-state index contributed by atoms with van der Waals surface area (Å²) in [6.45, 7) is 1.97. The van der Waals surface area contributed by atoms with E-state index < -0.39 is 0 Å². The molecule has 0 bridgehead atoms. The molecule has 1 aromatic carbocycles. The number of hydrogen-bond donors (Lipinski definition) is 3. The number of rotatable bonds is 10. The van der Waals surface area contributed by atoms with E-state index >= 15 is 0 Å². The van der Waals surface area contributed by atoms with E-state index in [4.69, 9.17) is 24.2 Å². The molecule has 2 aromatic heterocycles. The zero-order valence-corrected chi connectivity index (χ0v) is 22.1. The maximum absolute atomic E-state index is 12.1. The van der Waals surface area contributed by atoms with Gasteiger partial charge in [-0.3, -0.25) is 4.79 Å². The number of carbonyl (C=O) groups is 1. The number of aliphatic hydroxyl groups excluding tert-OH is 1. The van der Waals surface area contributed by atoms with Crippen molar-refractivity contribution in [1.82, 2.24) is 24.4 Å². The van der Waals surface area contributed by atoms with Crippen LogP contribution in [0.5, 0.6) is 17.2 Å². The minimum Gasteiger partial charge on any atom is -0.493 e. The molecule has 3 aromatic rings. The Balaban J connectivity index is 1.48. The fraction of sp³-hybridized carbons (Fsp3) is 0.538. The lowest BCUT2D eigenvalue weighted by atomic mass is 9.93. The molecule has 204 valence electrons. The number of imidazole rings is 1. The number of benzene rings is 1. The standard InChI is InChI=1S/C26H35N7O5/c1-36-19-13-17(14-20(37-2)23(19)38-3)28-24-22-25(31-26(30-24)29-16-6-8-18(34)9-7-16)33(15-27-22)12-11-32-10-4-5-21(32)35/h13-16,18,34H,4-12H2,1-3H3,(H2,28,29,30,31). The second kappa shape index (κ2) is 11.3. The molecule has 0 radical (unpaired) electrons. The van der Waals surface area contributed by atoms with E-state index in [1.807, 2.05) is 9.47 Å². The summed E-state index contributed by atoms with van der Waals surface area (Å²) in [4.78, 5) is 28.2. The summed E-state index contributed by atoms with van der Waals surface area (Å²) in [5.74, 6) is 2.72. The Morgan fingerprint density at radius 2 is 1.76 bits per heavy atom. The predicted octanol–water partition coefficient (Wildman–Crippen LogP) is 2.93. The topological polar surface area (TPSA) is 136 Å². The zero-order valence-electron chi connectivity index (χ0n) is 22.1. The molecule has 3 N–H and O–H groups in total. The maximum atomic E-state index is 12.1. The number of aromatic nitrogens is 4. The Morgan fingerprint density at radius 1 is 1.03 bits per heavy atom. The number of anilines is 3. The number of carbonyl (C=O) groups excluding carboxylic acids is 1. The van der Waals surface area contributed by atoms with E-state index in [9.17, 15) is 9.90 Å². The number of nitrogens with zero attached hydrogens (tertiary/aromatic N) is 5. The van der Waals surface area contributed by atoms with Crippen LogP contribution in [-0.2, 0) is 11.3 Å². The van der Waals surface area contributed by atoms with Crippen molar-refractivity contribution < 1.29 is 24.1 Å². The number of aliphatic hydroxyl groups is 1. The third kappa shape index (κ3) is 5.40. The van der Waals surface area contributed by atoms with Gasteiger partial charge in [-0.15, -0.1) is 0 Å². The largest absolute Gasteiger partial charge is 0.493 e. The van der Waals surface area contributed by atoms with Gasteiger partial charge in [-0.05, 0) is 32.1 Å². The Hall–Kier alpha value is -3.80. The number of fused-ring (bicyclic) bond motifs is 1. The number of likely N-dealkylation sites (tertiary alicyclic amines) is 1. The first-order chi connectivity index (χ1) is 18.5. The summed E-state index contributed by atoms with van der Waals surface area (Å²) in [5, 5.41) is 16.7. The number of hydrogen-bond acceptors (Lipinski definition) is 10. The zero-order chi connectivity index (χ0) is 26.6. The smallest absolute Gasteiger partial charge is 0.227 e. The van der Waals surface area contributed by atoms with Crippen molar-refractivity contribution in [2.24, 2.45) is 0 Å². The van der Waals surface area contributed by atoms with Crippen molar-refractivity contribution in [3.05, 3.63) is 18.5 Å². The Bertz CT molecular complexity index is 1260. The molecule has 5 rings (SSSR count). The molecule has 38 heavy (non-hydrogen) atoms. The average Bonchev–Trinajstić information content (AvgIpc) is 3.53. The van der Waals surface area contributed by atoms with Crippen LogP contribution in [-0.4, -0.2) is 82.0 Å². The van der Waals surface area contributed by atoms with Gasteiger partial charge in [0.25, 0.3) is 0 Å². The highest BCUT2D eigenvalue weighted by molar-refractivity contribution is 5.87. The van der Waals surface area contributed by atoms with E-state index in [0.29, 0.717) is 65.4 Å². The predicted molar refractivity (Wildman–Crippen MR) is 142 cm³/mol. The SMILES string of the molecule is COc1cc(Nc2nc(NC3CCC(O)CC3)nc3c2ncn3CCN2CCCC2=O)cc(OC)c1OC. The van der Waals surface area contributed by atoms with Crippen LogP contribution in [0.25, 0.3) is 11.2 Å². The molecular weight excluding hydrogens is 490 g/mol. The molecule has 3 heterocycles. The molecule has 1 saturated heterocycles. The first-order valence-electron chi connectivity index (χ1n) is 13.0. The van der Waals surface area contributed by atoms with Crippen molar-refractivity contribution in [2.75, 3.05) is 45.1 Å². The van der Waals surface area contributed by atoms with Gasteiger partial charge in [0.05, 0.1) is 33.8 Å². The van der Waals surface area contributed by atoms with Crippen LogP contribution in [0, 0.1) is 0 Å². The summed E-state index contributed by atoms with van der Waals surface area (Å²) in [7, 11) is 4.70. The first-order valence-corrected chi connectivity index (χ1v) is 13.0. The lowest BCUT2D eigenvalue weighted by Crippen LogP contribution is -2.29. The van der Waals surface area contributed by atoms with Crippen LogP contribution in [0.4, 0.5) is 17.5 Å². The van der Waals surface area contributed by atoms with Crippen molar-refractivity contribution in [2.45, 2.75) is 57.2 Å². The Morgan fingerprint density at radius 3 is 2.39 bits per heavy atom. The molecule has 0 unspecified atom stereocenters. The van der Waals surface area contributed by atoms with E-state index in [1.165, 1.54) is 0 Å². The summed E-state index contributed by atoms with van der Waals surface area (Å²) in [6, 6.07) is 3.78. The van der Waals surface area contributed by atoms with Crippen LogP contribution < -0.4 is 24.8 Å². The third-order valence-corrected chi connectivity index (χ3v) is 7.20. The normalized spacial score (nSPS) is 19.6. The van der Waals surface area contributed by atoms with Gasteiger partial charge in [-0.1, -0.05) is 0 Å². The molecule has 1 aliphatic heterocycles. The van der Waals surface area contributed by atoms with Crippen molar-refractivity contribution in [1.29, 1.82) is 0 Å². The monoisotopic (exact) mass is 525 g/mol. The van der Waals surface area contributed by atoms with Gasteiger partial charge in [0.1, 0.15) is 0 Å². The van der Waals surface area contributed by atoms with Gasteiger partial charge < -0.3 is 39.4 Å². The van der Waals surface area contributed by atoms with Crippen molar-refractivity contribution in [3.8, 4) is 17.2 Å². The molecule has 12 heteroatoms. The third-order valence-electron chi connectivity index (χ3n) is 7.20. The first kappa shape index (κ1) is 25.8. The number of amides is 1. The summed E-state index contributed by atoms with van der Waals surface area (Å²) < 4.78 is 18.4. The van der Waals surface area contributed by atoms with Crippen molar-refractivity contribution >= 4 is 34.5 Å². The summed E-state index contributed by atoms with van der Waals surface area (Å²) >= 11 is 0. The quantitative estimate of drug-likeness (QED) is 0.362. The van der Waals surface area contributed by atoms with Crippen LogP contribution in [0.3, 0.4) is 0 Å². The van der Waals surface area contributed by atoms with E-state index in [0.717, 1.165) is 38.6 Å². The number of ether oxygens (including phenoxy) is 3. The van der Waals surface area contributed by atoms with Crippen molar-refractivity contribution in [3.63, 3.8) is 0 Å². The van der Waals surface area contributed by atoms with Crippen LogP contribution in [0.2, 0.25) is 0 Å². The second-order valence-electron chi connectivity index (χ2n) is 9.68. The minimum atomic E-state index is -0.247. The highest BCUT2D eigenvalue weighted by Crippen LogP contribution is 2.41. The Labute approximate surface area is 221 Å². The molecule has 12 nitrogen and oxygen atoms in total. The molecule has 0 atom stereocenters. The highest BCUT2D eigenvalue weighted by atomic mass is 16.5. The van der Waals surface area contributed by atoms with Gasteiger partial charge in [-0.25, -0.2) is 4.98 Å². The minimum absolute atomic E-state index is 0.170. The number of nitrogens with one attached hydrogen (secondary N) is 2. The highest BCUT2D eigenvalue weighted by Gasteiger charge is 2.23. The van der Waals surface area contributed by atoms with Crippen LogP contribution in [0.15, 0.2) is 18.5 Å². The molecule has 0 spiro atoms. The van der Waals surface area contributed by atoms with Gasteiger partial charge in [0, 0.05) is 49.9 Å². The van der Waals surface area contributed by atoms with Gasteiger partial charge in [0.2, 0.25) is 17.6 Å². The molecule has 1 amide bonds. The lowest BCUT2D eigenvalue weighted by molar-refractivity contribution is -0.127. The fourth-order valence-corrected chi connectivity index (χ4v) is 5.12. The second-order valence-corrected chi connectivity index (χ2v) is 9.68. The lowest BCUT2D eigenvalue weighted by Gasteiger charge is -2.26. The summed E-state index contributed by atoms with van der Waals surface area (Å²) in [6.07, 6.45) is 6.18. The summed E-state index contributed by atoms with van der Waals surface area (Å²) in [5.41, 5.74) is 1.96. The van der Waals surface area contributed by atoms with Gasteiger partial charge in [0.15, 0.2) is 28.5 Å². The van der Waals surface area contributed by atoms with E-state index in [-0.39, 0.29) is 18.1 Å². The van der Waals surface area contributed by atoms with E-state index in [1.54, 1.807) is 39.8 Å². The molecule has 2 fully saturated rings. The maximum Gasteiger partial charge on any atom is 0.227 e. The molecule has 1 saturated carbocycles. The molecular formula is C26H35N7O5. The van der Waals surface area contributed by atoms with E-state index in [2.05, 4.69) is 15.6 Å². The molecule has 1 aliphatic carbocycles. The Kier molecular flexibility index (Phi) is 7.68. The number of methoxy groups -OCH3 is 3. The van der Waals surface area contributed by atoms with Crippen LogP contribution >= 0.6 is 0 Å². The average molecular weight is 526 g/mol. The van der Waals surface area contributed by atoms with Gasteiger partial charge in [-0.2, -0.15) is 9.97 Å². The van der Waals surface area contributed by atoms with Gasteiger partial charge >= 0.3 is 0 Å². The van der Waals surface area contributed by atoms with Crippen LogP contribution in [0.1, 0.15) is 38.5 Å². The molecule has 2 aliphatic rings. The fourth-order valence-electron chi connectivity index (χ4n) is 5.12.